The van der Waals surface area contributed by atoms with Crippen LogP contribution in [0.5, 0.6) is 0 Å². The molecule has 1 aromatic heterocycles. The van der Waals surface area contributed by atoms with Gasteiger partial charge in [-0.2, -0.15) is 0 Å². The van der Waals surface area contributed by atoms with Gasteiger partial charge in [0.25, 0.3) is 0 Å². The van der Waals surface area contributed by atoms with Crippen molar-refractivity contribution < 1.29 is 9.59 Å². The van der Waals surface area contributed by atoms with E-state index in [0.29, 0.717) is 28.7 Å². The summed E-state index contributed by atoms with van der Waals surface area (Å²) in [5.41, 5.74) is 5.81. The molecule has 2 rings (SSSR count). The Labute approximate surface area is 146 Å². The minimum Gasteiger partial charge on any atom is -0.370 e. The summed E-state index contributed by atoms with van der Waals surface area (Å²) in [6.07, 6.45) is 0.683. The molecule has 0 bridgehead atoms. The summed E-state index contributed by atoms with van der Waals surface area (Å²) in [7, 11) is 1.81. The first-order valence-corrected chi connectivity index (χ1v) is 8.62. The molecule has 2 aromatic rings. The molecule has 0 saturated carbocycles. The van der Waals surface area contributed by atoms with Gasteiger partial charge >= 0.3 is 0 Å². The quantitative estimate of drug-likeness (QED) is 0.411. The van der Waals surface area contributed by atoms with Gasteiger partial charge < -0.3 is 10.3 Å². The lowest BCUT2D eigenvalue weighted by Gasteiger charge is -2.03. The van der Waals surface area contributed by atoms with E-state index in [2.05, 4.69) is 32.8 Å². The van der Waals surface area contributed by atoms with Crippen molar-refractivity contribution in [3.8, 4) is 0 Å². The van der Waals surface area contributed by atoms with Crippen molar-refractivity contribution in [3.63, 3.8) is 0 Å². The average Bonchev–Trinajstić information content (AvgIpc) is 2.84. The van der Waals surface area contributed by atoms with Crippen molar-refractivity contribution in [1.29, 1.82) is 0 Å². The fourth-order valence-electron chi connectivity index (χ4n) is 1.77. The van der Waals surface area contributed by atoms with Crippen molar-refractivity contribution in [3.05, 3.63) is 39.2 Å². The second-order valence-corrected chi connectivity index (χ2v) is 6.83. The van der Waals surface area contributed by atoms with Gasteiger partial charge in [-0.05, 0) is 34.7 Å². The van der Waals surface area contributed by atoms with E-state index in [4.69, 9.17) is 5.73 Å². The van der Waals surface area contributed by atoms with Gasteiger partial charge in [-0.15, -0.1) is 10.2 Å². The number of primary amides is 1. The minimum absolute atomic E-state index is 0.0445. The molecule has 1 heterocycles. The third kappa shape index (κ3) is 4.54. The maximum absolute atomic E-state index is 12.1. The number of rotatable bonds is 7. The number of nitrogens with two attached hydrogens (primary N) is 1. The van der Waals surface area contributed by atoms with Crippen LogP contribution in [-0.2, 0) is 18.3 Å². The second-order valence-electron chi connectivity index (χ2n) is 4.64. The number of Topliss-reactive ketones (excluding diaryl/α,β-unsaturated/α-hetero) is 1. The van der Waals surface area contributed by atoms with Crippen molar-refractivity contribution >= 4 is 46.0 Å². The summed E-state index contributed by atoms with van der Waals surface area (Å²) in [5, 5.41) is 8.72. The Morgan fingerprint density at radius 3 is 2.59 bits per heavy atom. The molecular formula is C14H15IN4O2S. The monoisotopic (exact) mass is 430 g/mol. The maximum atomic E-state index is 12.1. The highest BCUT2D eigenvalue weighted by atomic mass is 127. The molecule has 2 N–H and O–H groups in total. The number of hydrogen-bond acceptors (Lipinski definition) is 5. The number of thioether (sulfide) groups is 1. The summed E-state index contributed by atoms with van der Waals surface area (Å²) in [6.45, 7) is 0. The molecule has 0 aliphatic heterocycles. The highest BCUT2D eigenvalue weighted by molar-refractivity contribution is 14.1. The van der Waals surface area contributed by atoms with Gasteiger partial charge in [0.15, 0.2) is 10.9 Å². The van der Waals surface area contributed by atoms with Crippen LogP contribution in [0.1, 0.15) is 22.6 Å². The lowest BCUT2D eigenvalue weighted by Crippen LogP contribution is -2.13. The smallest absolute Gasteiger partial charge is 0.217 e. The fraction of sp³-hybridized carbons (Fsp3) is 0.286. The van der Waals surface area contributed by atoms with Gasteiger partial charge in [-0.25, -0.2) is 0 Å². The number of hydrogen-bond donors (Lipinski definition) is 1. The van der Waals surface area contributed by atoms with Gasteiger partial charge in [0.1, 0.15) is 5.82 Å². The summed E-state index contributed by atoms with van der Waals surface area (Å²) < 4.78 is 2.88. The predicted octanol–water partition coefficient (Wildman–Crippen LogP) is 1.81. The number of carbonyl (C=O) groups excluding carboxylic acids is 2. The number of halogens is 1. The van der Waals surface area contributed by atoms with Gasteiger partial charge in [-0.3, -0.25) is 9.59 Å². The molecule has 116 valence electrons. The van der Waals surface area contributed by atoms with Crippen LogP contribution in [0.15, 0.2) is 29.4 Å². The first-order chi connectivity index (χ1) is 10.5. The Morgan fingerprint density at radius 1 is 1.27 bits per heavy atom. The lowest BCUT2D eigenvalue weighted by atomic mass is 10.2. The van der Waals surface area contributed by atoms with E-state index in [1.165, 1.54) is 11.8 Å². The van der Waals surface area contributed by atoms with Crippen LogP contribution in [0.4, 0.5) is 0 Å². The molecule has 0 atom stereocenters. The summed E-state index contributed by atoms with van der Waals surface area (Å²) in [4.78, 5) is 22.9. The Kier molecular flexibility index (Phi) is 5.95. The topological polar surface area (TPSA) is 90.9 Å². The summed E-state index contributed by atoms with van der Waals surface area (Å²) >= 11 is 3.53. The van der Waals surface area contributed by atoms with E-state index < -0.39 is 0 Å². The third-order valence-corrected chi connectivity index (χ3v) is 4.76. The number of nitrogens with zero attached hydrogens (tertiary/aromatic N) is 3. The van der Waals surface area contributed by atoms with Crippen molar-refractivity contribution in [1.82, 2.24) is 14.8 Å². The molecule has 0 fully saturated rings. The van der Waals surface area contributed by atoms with Crippen LogP contribution < -0.4 is 5.73 Å². The minimum atomic E-state index is -0.369. The average molecular weight is 430 g/mol. The first kappa shape index (κ1) is 16.9. The Morgan fingerprint density at radius 2 is 1.95 bits per heavy atom. The summed E-state index contributed by atoms with van der Waals surface area (Å²) in [5.74, 6) is 0.653. The molecule has 0 aliphatic carbocycles. The highest BCUT2D eigenvalue weighted by Crippen LogP contribution is 2.18. The molecule has 8 heteroatoms. The van der Waals surface area contributed by atoms with Crippen LogP contribution in [0.25, 0.3) is 0 Å². The van der Waals surface area contributed by atoms with E-state index >= 15 is 0 Å². The Bertz CT molecular complexity index is 685. The highest BCUT2D eigenvalue weighted by Gasteiger charge is 2.13. The Balaban J connectivity index is 1.95. The molecule has 0 radical (unpaired) electrons. The van der Waals surface area contributed by atoms with Gasteiger partial charge in [0.05, 0.1) is 5.75 Å². The Hall–Kier alpha value is -1.42. The van der Waals surface area contributed by atoms with Gasteiger partial charge in [0.2, 0.25) is 5.91 Å². The number of amides is 1. The van der Waals surface area contributed by atoms with E-state index in [9.17, 15) is 9.59 Å². The standard InChI is InChI=1S/C14H15IN4O2S/c1-19-13(7-6-12(16)21)17-18-14(19)22-8-11(20)9-2-4-10(15)5-3-9/h2-5H,6-8H2,1H3,(H2,16,21). The van der Waals surface area contributed by atoms with Crippen LogP contribution in [-0.4, -0.2) is 32.2 Å². The SMILES string of the molecule is Cn1c(CCC(N)=O)nnc1SCC(=O)c1ccc(I)cc1. The number of ketones is 1. The van der Waals surface area contributed by atoms with E-state index in [0.717, 1.165) is 3.57 Å². The molecule has 0 saturated heterocycles. The van der Waals surface area contributed by atoms with Crippen LogP contribution in [0.3, 0.4) is 0 Å². The first-order valence-electron chi connectivity index (χ1n) is 6.55. The number of aryl methyl sites for hydroxylation is 1. The van der Waals surface area contributed by atoms with E-state index in [1.807, 2.05) is 31.3 Å². The van der Waals surface area contributed by atoms with E-state index in [-0.39, 0.29) is 18.1 Å². The number of carbonyl (C=O) groups is 2. The van der Waals surface area contributed by atoms with Gasteiger partial charge in [-0.1, -0.05) is 23.9 Å². The van der Waals surface area contributed by atoms with Crippen molar-refractivity contribution in [2.75, 3.05) is 5.75 Å². The lowest BCUT2D eigenvalue weighted by molar-refractivity contribution is -0.118. The zero-order chi connectivity index (χ0) is 16.1. The van der Waals surface area contributed by atoms with Crippen molar-refractivity contribution in [2.24, 2.45) is 12.8 Å². The third-order valence-electron chi connectivity index (χ3n) is 3.02. The maximum Gasteiger partial charge on any atom is 0.217 e. The summed E-state index contributed by atoms with van der Waals surface area (Å²) in [6, 6.07) is 7.45. The molecular weight excluding hydrogens is 415 g/mol. The fourth-order valence-corrected chi connectivity index (χ4v) is 2.96. The van der Waals surface area contributed by atoms with E-state index in [1.54, 1.807) is 4.57 Å². The van der Waals surface area contributed by atoms with Crippen LogP contribution >= 0.6 is 34.4 Å². The molecule has 6 nitrogen and oxygen atoms in total. The van der Waals surface area contributed by atoms with Crippen molar-refractivity contribution in [2.45, 2.75) is 18.0 Å². The molecule has 0 aliphatic rings. The molecule has 1 amide bonds. The zero-order valence-corrected chi connectivity index (χ0v) is 14.9. The normalized spacial score (nSPS) is 10.6. The molecule has 0 spiro atoms. The molecule has 0 unspecified atom stereocenters. The van der Waals surface area contributed by atoms with Crippen LogP contribution in [0, 0.1) is 3.57 Å². The van der Waals surface area contributed by atoms with Crippen LogP contribution in [0.2, 0.25) is 0 Å². The van der Waals surface area contributed by atoms with Gasteiger partial charge in [0, 0.05) is 29.0 Å². The largest absolute Gasteiger partial charge is 0.370 e. The molecule has 1 aromatic carbocycles. The number of aromatic nitrogens is 3. The number of benzene rings is 1. The molecule has 22 heavy (non-hydrogen) atoms. The second kappa shape index (κ2) is 7.73. The zero-order valence-electron chi connectivity index (χ0n) is 12.0. The predicted molar refractivity (Wildman–Crippen MR) is 92.7 cm³/mol.